The molecule has 2 aromatic heterocycles. The summed E-state index contributed by atoms with van der Waals surface area (Å²) in [4.78, 5) is 50.2. The molecule has 194 valence electrons. The Morgan fingerprint density at radius 3 is 2.30 bits per heavy atom. The lowest BCUT2D eigenvalue weighted by molar-refractivity contribution is -0.117. The number of carbonyl (C=O) groups excluding carboxylic acids is 3. The zero-order valence-corrected chi connectivity index (χ0v) is 22.8. The van der Waals surface area contributed by atoms with Crippen LogP contribution in [0.1, 0.15) is 67.6 Å². The van der Waals surface area contributed by atoms with Gasteiger partial charge in [-0.3, -0.25) is 14.5 Å². The van der Waals surface area contributed by atoms with Crippen molar-refractivity contribution in [2.75, 3.05) is 18.1 Å². The number of aliphatic hydroxyl groups is 1. The predicted molar refractivity (Wildman–Crippen MR) is 141 cm³/mol. The first-order valence-corrected chi connectivity index (χ1v) is 13.4. The van der Waals surface area contributed by atoms with Gasteiger partial charge in [-0.15, -0.1) is 11.3 Å². The van der Waals surface area contributed by atoms with Gasteiger partial charge in [0.05, 0.1) is 46.1 Å². The molecule has 1 unspecified atom stereocenters. The van der Waals surface area contributed by atoms with Gasteiger partial charge in [-0.2, -0.15) is 0 Å². The molecule has 1 aromatic carbocycles. The molecule has 0 spiro atoms. The van der Waals surface area contributed by atoms with Crippen LogP contribution in [0.15, 0.2) is 35.6 Å². The summed E-state index contributed by atoms with van der Waals surface area (Å²) in [6.07, 6.45) is 0.849. The van der Waals surface area contributed by atoms with E-state index in [2.05, 4.69) is 9.97 Å². The van der Waals surface area contributed by atoms with E-state index in [1.54, 1.807) is 52.0 Å². The lowest BCUT2D eigenvalue weighted by atomic mass is 9.95. The van der Waals surface area contributed by atoms with Crippen molar-refractivity contribution < 1.29 is 29.0 Å². The molecule has 1 amide bonds. The number of ether oxygens (including phenoxy) is 2. The maximum absolute atomic E-state index is 13.7. The van der Waals surface area contributed by atoms with Crippen molar-refractivity contribution in [3.63, 3.8) is 0 Å². The molecule has 0 saturated heterocycles. The van der Waals surface area contributed by atoms with Crippen molar-refractivity contribution in [2.24, 2.45) is 0 Å². The van der Waals surface area contributed by atoms with Gasteiger partial charge in [0, 0.05) is 0 Å². The van der Waals surface area contributed by atoms with E-state index < -0.39 is 29.5 Å². The largest absolute Gasteiger partial charge is 0.503 e. The van der Waals surface area contributed by atoms with Crippen molar-refractivity contribution >= 4 is 45.5 Å². The summed E-state index contributed by atoms with van der Waals surface area (Å²) in [6, 6.07) is 6.04. The molecule has 1 N–H and O–H groups in total. The number of aryl methyl sites for hydroxylation is 3. The average Bonchev–Trinajstić information content (AvgIpc) is 3.50. The lowest BCUT2D eigenvalue weighted by Gasteiger charge is -2.24. The van der Waals surface area contributed by atoms with E-state index in [1.807, 2.05) is 6.92 Å². The third-order valence-electron chi connectivity index (χ3n) is 5.68. The molecule has 4 rings (SSSR count). The minimum Gasteiger partial charge on any atom is -0.503 e. The molecular weight excluding hydrogens is 514 g/mol. The fourth-order valence-electron chi connectivity index (χ4n) is 4.05. The van der Waals surface area contributed by atoms with E-state index in [4.69, 9.17) is 9.47 Å². The molecule has 1 aliphatic rings. The summed E-state index contributed by atoms with van der Waals surface area (Å²) >= 11 is 2.18. The number of amides is 1. The number of thiazole rings is 2. The van der Waals surface area contributed by atoms with E-state index in [0.717, 1.165) is 17.8 Å². The number of benzene rings is 1. The third kappa shape index (κ3) is 5.01. The van der Waals surface area contributed by atoms with Crippen LogP contribution in [0.4, 0.5) is 5.13 Å². The second kappa shape index (κ2) is 10.8. The van der Waals surface area contributed by atoms with Crippen LogP contribution < -0.4 is 9.64 Å². The van der Waals surface area contributed by atoms with Gasteiger partial charge < -0.3 is 14.6 Å². The summed E-state index contributed by atoms with van der Waals surface area (Å²) in [6.45, 7) is 9.60. The van der Waals surface area contributed by atoms with Crippen LogP contribution in [-0.4, -0.2) is 45.9 Å². The second-order valence-electron chi connectivity index (χ2n) is 8.37. The van der Waals surface area contributed by atoms with Crippen LogP contribution in [0, 0.1) is 20.8 Å². The number of Topliss-reactive ketones (excluding diaryl/α,β-unsaturated/α-hetero) is 1. The topological polar surface area (TPSA) is 119 Å². The maximum Gasteiger partial charge on any atom is 0.350 e. The lowest BCUT2D eigenvalue weighted by Crippen LogP contribution is -2.31. The minimum absolute atomic E-state index is 0.0653. The molecule has 0 radical (unpaired) electrons. The highest BCUT2D eigenvalue weighted by Gasteiger charge is 2.46. The number of esters is 1. The van der Waals surface area contributed by atoms with E-state index in [0.29, 0.717) is 39.2 Å². The SMILES string of the molecule is CCCOc1ccc(C2C(C(=O)c3sc(C)nc3C)=C(O)C(=O)N2c2nc(C)c(C(=O)OCC)s2)cc1. The Kier molecular flexibility index (Phi) is 7.74. The molecule has 11 heteroatoms. The van der Waals surface area contributed by atoms with Crippen LogP contribution >= 0.6 is 22.7 Å². The highest BCUT2D eigenvalue weighted by molar-refractivity contribution is 7.17. The number of aromatic nitrogens is 2. The molecular formula is C26H27N3O6S2. The highest BCUT2D eigenvalue weighted by Crippen LogP contribution is 2.44. The van der Waals surface area contributed by atoms with E-state index in [1.165, 1.54) is 16.2 Å². The van der Waals surface area contributed by atoms with Crippen molar-refractivity contribution in [1.29, 1.82) is 0 Å². The van der Waals surface area contributed by atoms with Crippen LogP contribution in [-0.2, 0) is 9.53 Å². The van der Waals surface area contributed by atoms with Crippen LogP contribution in [0.3, 0.4) is 0 Å². The van der Waals surface area contributed by atoms with Gasteiger partial charge in [-0.25, -0.2) is 14.8 Å². The number of ketones is 1. The summed E-state index contributed by atoms with van der Waals surface area (Å²) in [5.74, 6) is -1.81. The molecule has 3 aromatic rings. The van der Waals surface area contributed by atoms with E-state index in [-0.39, 0.29) is 22.2 Å². The van der Waals surface area contributed by atoms with Crippen molar-refractivity contribution in [1.82, 2.24) is 9.97 Å². The zero-order chi connectivity index (χ0) is 26.9. The van der Waals surface area contributed by atoms with Gasteiger partial charge in [-0.1, -0.05) is 30.4 Å². The first-order chi connectivity index (χ1) is 17.7. The number of hydrogen-bond donors (Lipinski definition) is 1. The molecule has 1 atom stereocenters. The van der Waals surface area contributed by atoms with Crippen molar-refractivity contribution in [2.45, 2.75) is 47.1 Å². The van der Waals surface area contributed by atoms with Crippen LogP contribution in [0.5, 0.6) is 5.75 Å². The number of aliphatic hydroxyl groups excluding tert-OH is 1. The second-order valence-corrected chi connectivity index (χ2v) is 10.5. The van der Waals surface area contributed by atoms with Gasteiger partial charge in [-0.05, 0) is 51.8 Å². The first kappa shape index (κ1) is 26.5. The maximum atomic E-state index is 13.7. The molecule has 1 aliphatic heterocycles. The monoisotopic (exact) mass is 541 g/mol. The predicted octanol–water partition coefficient (Wildman–Crippen LogP) is 5.27. The van der Waals surface area contributed by atoms with Gasteiger partial charge in [0.25, 0.3) is 5.91 Å². The number of hydrogen-bond acceptors (Lipinski definition) is 10. The smallest absolute Gasteiger partial charge is 0.350 e. The summed E-state index contributed by atoms with van der Waals surface area (Å²) in [5.41, 5.74) is 1.43. The third-order valence-corrected chi connectivity index (χ3v) is 7.89. The Bertz CT molecular complexity index is 1390. The fourth-order valence-corrected chi connectivity index (χ4v) is 5.91. The number of nitrogens with zero attached hydrogens (tertiary/aromatic N) is 3. The Morgan fingerprint density at radius 1 is 1.03 bits per heavy atom. The molecule has 3 heterocycles. The number of anilines is 1. The first-order valence-electron chi connectivity index (χ1n) is 11.8. The molecule has 0 saturated carbocycles. The van der Waals surface area contributed by atoms with Gasteiger partial charge in [0.1, 0.15) is 10.6 Å². The average molecular weight is 542 g/mol. The Labute approximate surface area is 222 Å². The Balaban J connectivity index is 1.83. The normalized spacial score (nSPS) is 15.4. The minimum atomic E-state index is -0.970. The summed E-state index contributed by atoms with van der Waals surface area (Å²) in [5, 5.41) is 11.9. The highest BCUT2D eigenvalue weighted by atomic mass is 32.1. The van der Waals surface area contributed by atoms with Crippen molar-refractivity contribution in [3.8, 4) is 5.75 Å². The summed E-state index contributed by atoms with van der Waals surface area (Å²) < 4.78 is 10.8. The standard InChI is InChI=1S/C26H27N3O6S2/c1-6-12-35-17-10-8-16(9-11-17)19-18(20(30)22-13(3)27-15(5)36-22)21(31)24(32)29(19)26-28-14(4)23(37-26)25(33)34-7-2/h8-11,19,31H,6-7,12H2,1-5H3. The molecule has 0 bridgehead atoms. The van der Waals surface area contributed by atoms with Crippen molar-refractivity contribution in [3.05, 3.63) is 67.3 Å². The summed E-state index contributed by atoms with van der Waals surface area (Å²) in [7, 11) is 0. The number of rotatable bonds is 9. The van der Waals surface area contributed by atoms with Crippen LogP contribution in [0.25, 0.3) is 0 Å². The Morgan fingerprint density at radius 2 is 1.70 bits per heavy atom. The molecule has 37 heavy (non-hydrogen) atoms. The fraction of sp³-hybridized carbons (Fsp3) is 0.346. The van der Waals surface area contributed by atoms with Gasteiger partial charge in [0.2, 0.25) is 5.78 Å². The quantitative estimate of drug-likeness (QED) is 0.287. The van der Waals surface area contributed by atoms with E-state index in [9.17, 15) is 19.5 Å². The van der Waals surface area contributed by atoms with Gasteiger partial charge >= 0.3 is 5.97 Å². The molecule has 0 aliphatic carbocycles. The Hall–Kier alpha value is -3.57. The molecule has 9 nitrogen and oxygen atoms in total. The zero-order valence-electron chi connectivity index (χ0n) is 21.2. The van der Waals surface area contributed by atoms with E-state index >= 15 is 0 Å². The number of carbonyl (C=O) groups is 3. The van der Waals surface area contributed by atoms with Crippen LogP contribution in [0.2, 0.25) is 0 Å². The van der Waals surface area contributed by atoms with Gasteiger partial charge in [0.15, 0.2) is 10.9 Å². The molecule has 0 fully saturated rings.